The largest absolute Gasteiger partial charge is 0.392 e. The molecule has 0 saturated carbocycles. The predicted molar refractivity (Wildman–Crippen MR) is 95.5 cm³/mol. The molecule has 21 heavy (non-hydrogen) atoms. The number of aliphatic hydroxyl groups excluding tert-OH is 1. The highest BCUT2D eigenvalue weighted by molar-refractivity contribution is 5.08. The summed E-state index contributed by atoms with van der Waals surface area (Å²) in [6.45, 7) is 10.9. The van der Waals surface area contributed by atoms with Crippen LogP contribution in [0.4, 0.5) is 0 Å². The van der Waals surface area contributed by atoms with Crippen LogP contribution in [0.2, 0.25) is 0 Å². The van der Waals surface area contributed by atoms with Gasteiger partial charge in [0.25, 0.3) is 0 Å². The van der Waals surface area contributed by atoms with Crippen molar-refractivity contribution in [1.29, 1.82) is 0 Å². The molecule has 0 fully saturated rings. The van der Waals surface area contributed by atoms with Gasteiger partial charge in [-0.3, -0.25) is 0 Å². The van der Waals surface area contributed by atoms with E-state index in [1.807, 2.05) is 6.08 Å². The molecule has 0 aromatic heterocycles. The summed E-state index contributed by atoms with van der Waals surface area (Å²) in [4.78, 5) is 0. The van der Waals surface area contributed by atoms with Crippen molar-refractivity contribution >= 4 is 0 Å². The molecule has 0 radical (unpaired) electrons. The molecule has 0 rings (SSSR count). The van der Waals surface area contributed by atoms with Crippen molar-refractivity contribution < 1.29 is 5.11 Å². The third kappa shape index (κ3) is 13.7. The average Bonchev–Trinajstić information content (AvgIpc) is 2.37. The SMILES string of the molecule is CC(C)=CCC/C(=C/CO)CC/C=C(\C)CCC=C(C)C. The molecular weight excluding hydrogens is 256 g/mol. The molecule has 0 unspecified atom stereocenters. The van der Waals surface area contributed by atoms with Crippen LogP contribution in [-0.4, -0.2) is 11.7 Å². The third-order valence-electron chi connectivity index (χ3n) is 3.45. The number of hydrogen-bond donors (Lipinski definition) is 1. The summed E-state index contributed by atoms with van der Waals surface area (Å²) in [7, 11) is 0. The van der Waals surface area contributed by atoms with Crippen LogP contribution < -0.4 is 0 Å². The first-order chi connectivity index (χ1) is 9.95. The van der Waals surface area contributed by atoms with Crippen molar-refractivity contribution in [3.05, 3.63) is 46.6 Å². The lowest BCUT2D eigenvalue weighted by atomic mass is 10.0. The van der Waals surface area contributed by atoms with E-state index in [0.29, 0.717) is 0 Å². The predicted octanol–water partition coefficient (Wildman–Crippen LogP) is 6.12. The minimum absolute atomic E-state index is 0.160. The lowest BCUT2D eigenvalue weighted by Crippen LogP contribution is -1.88. The molecule has 0 amide bonds. The van der Waals surface area contributed by atoms with Gasteiger partial charge < -0.3 is 5.11 Å². The monoisotopic (exact) mass is 290 g/mol. The second kappa shape index (κ2) is 12.6. The fourth-order valence-electron chi connectivity index (χ4n) is 2.20. The molecule has 120 valence electrons. The molecule has 0 aliphatic carbocycles. The normalized spacial score (nSPS) is 12.3. The van der Waals surface area contributed by atoms with Crippen molar-refractivity contribution in [2.45, 2.75) is 73.1 Å². The number of hydrogen-bond acceptors (Lipinski definition) is 1. The molecule has 0 aliphatic rings. The van der Waals surface area contributed by atoms with Crippen molar-refractivity contribution in [2.24, 2.45) is 0 Å². The van der Waals surface area contributed by atoms with Gasteiger partial charge in [0.2, 0.25) is 0 Å². The van der Waals surface area contributed by atoms with Gasteiger partial charge in [0, 0.05) is 0 Å². The summed E-state index contributed by atoms with van der Waals surface area (Å²) < 4.78 is 0. The lowest BCUT2D eigenvalue weighted by Gasteiger charge is -2.05. The fourth-order valence-corrected chi connectivity index (χ4v) is 2.20. The molecule has 1 heteroatoms. The second-order valence-corrected chi connectivity index (χ2v) is 6.27. The highest BCUT2D eigenvalue weighted by Gasteiger charge is 1.97. The van der Waals surface area contributed by atoms with E-state index in [9.17, 15) is 0 Å². The van der Waals surface area contributed by atoms with E-state index >= 15 is 0 Å². The first kappa shape index (κ1) is 19.9. The van der Waals surface area contributed by atoms with E-state index in [0.717, 1.165) is 38.5 Å². The highest BCUT2D eigenvalue weighted by atomic mass is 16.2. The van der Waals surface area contributed by atoms with Crippen LogP contribution in [0.3, 0.4) is 0 Å². The van der Waals surface area contributed by atoms with Gasteiger partial charge in [0.15, 0.2) is 0 Å². The van der Waals surface area contributed by atoms with Crippen molar-refractivity contribution in [1.82, 2.24) is 0 Å². The van der Waals surface area contributed by atoms with Gasteiger partial charge >= 0.3 is 0 Å². The van der Waals surface area contributed by atoms with E-state index in [1.165, 1.54) is 22.3 Å². The highest BCUT2D eigenvalue weighted by Crippen LogP contribution is 2.16. The first-order valence-corrected chi connectivity index (χ1v) is 8.16. The molecule has 0 spiro atoms. The van der Waals surface area contributed by atoms with Crippen LogP contribution in [0.1, 0.15) is 73.1 Å². The number of allylic oxidation sites excluding steroid dienone is 7. The third-order valence-corrected chi connectivity index (χ3v) is 3.45. The molecule has 0 saturated heterocycles. The topological polar surface area (TPSA) is 20.2 Å². The van der Waals surface area contributed by atoms with Crippen LogP contribution in [-0.2, 0) is 0 Å². The van der Waals surface area contributed by atoms with Crippen molar-refractivity contribution in [2.75, 3.05) is 6.61 Å². The van der Waals surface area contributed by atoms with Crippen molar-refractivity contribution in [3.63, 3.8) is 0 Å². The van der Waals surface area contributed by atoms with Crippen LogP contribution in [0.15, 0.2) is 46.6 Å². The zero-order valence-electron chi connectivity index (χ0n) is 14.7. The Morgan fingerprint density at radius 3 is 1.62 bits per heavy atom. The molecule has 0 bridgehead atoms. The molecule has 0 aromatic rings. The van der Waals surface area contributed by atoms with Crippen LogP contribution in [0.25, 0.3) is 0 Å². The quantitative estimate of drug-likeness (QED) is 0.480. The smallest absolute Gasteiger partial charge is 0.0615 e. The Morgan fingerprint density at radius 1 is 0.667 bits per heavy atom. The Labute approximate surface area is 132 Å². The first-order valence-electron chi connectivity index (χ1n) is 8.16. The van der Waals surface area contributed by atoms with Crippen LogP contribution >= 0.6 is 0 Å². The molecule has 0 heterocycles. The lowest BCUT2D eigenvalue weighted by molar-refractivity contribution is 0.341. The maximum absolute atomic E-state index is 9.11. The zero-order valence-corrected chi connectivity index (χ0v) is 14.7. The van der Waals surface area contributed by atoms with E-state index in [1.54, 1.807) is 0 Å². The van der Waals surface area contributed by atoms with Crippen molar-refractivity contribution in [3.8, 4) is 0 Å². The molecule has 0 atom stereocenters. The Kier molecular flexibility index (Phi) is 12.0. The maximum atomic E-state index is 9.11. The van der Waals surface area contributed by atoms with E-state index in [2.05, 4.69) is 52.8 Å². The number of aliphatic hydroxyl groups is 1. The minimum atomic E-state index is 0.160. The summed E-state index contributed by atoms with van der Waals surface area (Å²) >= 11 is 0. The molecule has 1 N–H and O–H groups in total. The van der Waals surface area contributed by atoms with Gasteiger partial charge in [-0.05, 0) is 73.1 Å². The Morgan fingerprint density at radius 2 is 1.14 bits per heavy atom. The summed E-state index contributed by atoms with van der Waals surface area (Å²) in [5.41, 5.74) is 5.62. The minimum Gasteiger partial charge on any atom is -0.392 e. The standard InChI is InChI=1S/C20H34O/c1-17(2)9-6-11-19(5)12-8-14-20(15-16-21)13-7-10-18(3)4/h9-10,12,15,21H,6-8,11,13-14,16H2,1-5H3/b19-12+,20-15-. The van der Waals surface area contributed by atoms with Crippen LogP contribution in [0, 0.1) is 0 Å². The zero-order chi connectivity index (χ0) is 16.1. The summed E-state index contributed by atoms with van der Waals surface area (Å²) in [5.74, 6) is 0. The summed E-state index contributed by atoms with van der Waals surface area (Å²) in [6, 6.07) is 0. The molecule has 0 aromatic carbocycles. The summed E-state index contributed by atoms with van der Waals surface area (Å²) in [5, 5.41) is 9.11. The molecule has 0 aliphatic heterocycles. The van der Waals surface area contributed by atoms with Gasteiger partial charge in [0.1, 0.15) is 0 Å². The average molecular weight is 290 g/mol. The van der Waals surface area contributed by atoms with E-state index in [-0.39, 0.29) is 6.61 Å². The molecule has 1 nitrogen and oxygen atoms in total. The van der Waals surface area contributed by atoms with Gasteiger partial charge in [0.05, 0.1) is 6.61 Å². The molecular formula is C20H34O. The van der Waals surface area contributed by atoms with E-state index in [4.69, 9.17) is 5.11 Å². The Balaban J connectivity index is 4.15. The Hall–Kier alpha value is -1.08. The van der Waals surface area contributed by atoms with Gasteiger partial charge in [-0.25, -0.2) is 0 Å². The Bertz CT molecular complexity index is 386. The second-order valence-electron chi connectivity index (χ2n) is 6.27. The maximum Gasteiger partial charge on any atom is 0.0615 e. The fraction of sp³-hybridized carbons (Fsp3) is 0.600. The number of rotatable bonds is 10. The summed E-state index contributed by atoms with van der Waals surface area (Å²) in [6.07, 6.45) is 15.5. The van der Waals surface area contributed by atoms with Gasteiger partial charge in [-0.15, -0.1) is 0 Å². The van der Waals surface area contributed by atoms with E-state index < -0.39 is 0 Å². The van der Waals surface area contributed by atoms with Gasteiger partial charge in [-0.2, -0.15) is 0 Å². The van der Waals surface area contributed by atoms with Crippen LogP contribution in [0.5, 0.6) is 0 Å². The van der Waals surface area contributed by atoms with Gasteiger partial charge in [-0.1, -0.05) is 46.6 Å².